The lowest BCUT2D eigenvalue weighted by Crippen LogP contribution is -2.39. The highest BCUT2D eigenvalue weighted by atomic mass is 79.9. The van der Waals surface area contributed by atoms with Crippen molar-refractivity contribution in [2.75, 3.05) is 18.0 Å². The molecule has 0 aromatic heterocycles. The third-order valence-corrected chi connectivity index (χ3v) is 9.50. The van der Waals surface area contributed by atoms with Crippen molar-refractivity contribution < 1.29 is 35.9 Å². The van der Waals surface area contributed by atoms with Gasteiger partial charge in [0, 0.05) is 0 Å². The Morgan fingerprint density at radius 2 is 1.74 bits per heavy atom. The van der Waals surface area contributed by atoms with Crippen LogP contribution in [0.25, 0.3) is 0 Å². The zero-order valence-corrected chi connectivity index (χ0v) is 28.0. The van der Waals surface area contributed by atoms with Crippen molar-refractivity contribution in [3.63, 3.8) is 0 Å². The third-order valence-electron chi connectivity index (χ3n) is 6.38. The summed E-state index contributed by atoms with van der Waals surface area (Å²) in [7, 11) is -3.01. The van der Waals surface area contributed by atoms with E-state index in [1.807, 2.05) is 0 Å². The van der Waals surface area contributed by atoms with Crippen LogP contribution in [-0.4, -0.2) is 34.2 Å². The number of aryl methyl sites for hydroxylation is 1. The highest BCUT2D eigenvalue weighted by molar-refractivity contribution is 9.10. The van der Waals surface area contributed by atoms with Crippen molar-refractivity contribution >= 4 is 67.0 Å². The number of nitrogens with zero attached hydrogens (tertiary/aromatic N) is 2. The fourth-order valence-electron chi connectivity index (χ4n) is 4.07. The maximum atomic E-state index is 13.5. The summed E-state index contributed by atoms with van der Waals surface area (Å²) in [5.41, 5.74) is 2.81. The van der Waals surface area contributed by atoms with Crippen molar-refractivity contribution in [2.45, 2.75) is 24.6 Å². The summed E-state index contributed by atoms with van der Waals surface area (Å²) in [4.78, 5) is 12.7. The standard InChI is InChI=1S/C31H25BrCl2F3N3O5S/c1-19-6-9-24(10-7-19)46(42,43)40(23-5-3-4-22(15-23)31(35,36)37)17-29(41)39-38-16-21-12-25(32)30(28(14-21)44-2)45-18-20-8-11-26(33)27(34)13-20/h3-16H,17-18H2,1-2H3,(H,39,41)/b38-16-. The molecule has 0 heterocycles. The molecule has 0 unspecified atom stereocenters. The molecule has 4 aromatic rings. The number of alkyl halides is 3. The number of anilines is 1. The minimum atomic E-state index is -4.73. The Kier molecular flexibility index (Phi) is 11.3. The highest BCUT2D eigenvalue weighted by Gasteiger charge is 2.33. The number of halogens is 6. The van der Waals surface area contributed by atoms with Gasteiger partial charge in [-0.3, -0.25) is 9.10 Å². The number of carbonyl (C=O) groups is 1. The Hall–Kier alpha value is -3.78. The quantitative estimate of drug-likeness (QED) is 0.124. The molecule has 1 N–H and O–H groups in total. The van der Waals surface area contributed by atoms with E-state index in [0.717, 1.165) is 23.3 Å². The second kappa shape index (κ2) is 14.8. The molecule has 1 amide bonds. The predicted octanol–water partition coefficient (Wildman–Crippen LogP) is 8.02. The molecule has 0 radical (unpaired) electrons. The number of hydrogen-bond donors (Lipinski definition) is 1. The maximum absolute atomic E-state index is 13.5. The van der Waals surface area contributed by atoms with Gasteiger partial charge in [0.1, 0.15) is 13.2 Å². The van der Waals surface area contributed by atoms with Gasteiger partial charge >= 0.3 is 6.18 Å². The molecule has 0 atom stereocenters. The first-order valence-electron chi connectivity index (χ1n) is 13.2. The summed E-state index contributed by atoms with van der Waals surface area (Å²) >= 11 is 15.5. The lowest BCUT2D eigenvalue weighted by atomic mass is 10.2. The highest BCUT2D eigenvalue weighted by Crippen LogP contribution is 2.37. The molecule has 4 rings (SSSR count). The van der Waals surface area contributed by atoms with Crippen LogP contribution >= 0.6 is 39.1 Å². The Labute approximate surface area is 281 Å². The van der Waals surface area contributed by atoms with Crippen LogP contribution < -0.4 is 19.2 Å². The Balaban J connectivity index is 1.53. The molecule has 0 saturated heterocycles. The molecule has 0 fully saturated rings. The SMILES string of the molecule is COc1cc(/C=N\NC(=O)CN(c2cccc(C(F)(F)F)c2)S(=O)(=O)c2ccc(C)cc2)cc(Br)c1OCc1ccc(Cl)c(Cl)c1. The number of methoxy groups -OCH3 is 1. The Bertz CT molecular complexity index is 1870. The first-order chi connectivity index (χ1) is 21.7. The van der Waals surface area contributed by atoms with Crippen LogP contribution in [0.15, 0.2) is 93.3 Å². The van der Waals surface area contributed by atoms with Crippen molar-refractivity contribution in [3.05, 3.63) is 116 Å². The molecule has 8 nitrogen and oxygen atoms in total. The monoisotopic (exact) mass is 757 g/mol. The van der Waals surface area contributed by atoms with Gasteiger partial charge in [-0.15, -0.1) is 0 Å². The van der Waals surface area contributed by atoms with E-state index >= 15 is 0 Å². The molecule has 46 heavy (non-hydrogen) atoms. The number of nitrogens with one attached hydrogen (secondary N) is 1. The summed E-state index contributed by atoms with van der Waals surface area (Å²) < 4.78 is 79.8. The van der Waals surface area contributed by atoms with Crippen molar-refractivity contribution in [2.24, 2.45) is 5.10 Å². The summed E-state index contributed by atoms with van der Waals surface area (Å²) in [6.07, 6.45) is -3.46. The van der Waals surface area contributed by atoms with Crippen LogP contribution in [0.5, 0.6) is 11.5 Å². The molecule has 15 heteroatoms. The fraction of sp³-hybridized carbons (Fsp3) is 0.161. The van der Waals surface area contributed by atoms with Gasteiger partial charge in [-0.05, 0) is 88.6 Å². The molecule has 0 aliphatic rings. The lowest BCUT2D eigenvalue weighted by molar-refractivity contribution is -0.137. The molecule has 0 bridgehead atoms. The van der Waals surface area contributed by atoms with Crippen LogP contribution in [0.2, 0.25) is 10.0 Å². The molecule has 242 valence electrons. The summed E-state index contributed by atoms with van der Waals surface area (Å²) in [5, 5.41) is 4.69. The molecule has 0 spiro atoms. The van der Waals surface area contributed by atoms with Crippen LogP contribution in [0, 0.1) is 6.92 Å². The second-order valence-electron chi connectivity index (χ2n) is 9.74. The molecular formula is C31H25BrCl2F3N3O5S. The summed E-state index contributed by atoms with van der Waals surface area (Å²) in [6, 6.07) is 17.7. The average molecular weight is 759 g/mol. The minimum Gasteiger partial charge on any atom is -0.493 e. The normalized spacial score (nSPS) is 11.8. The van der Waals surface area contributed by atoms with Gasteiger partial charge in [0.25, 0.3) is 15.9 Å². The number of hydrazone groups is 1. The van der Waals surface area contributed by atoms with Crippen LogP contribution in [0.1, 0.15) is 22.3 Å². The predicted molar refractivity (Wildman–Crippen MR) is 174 cm³/mol. The van der Waals surface area contributed by atoms with Crippen LogP contribution in [-0.2, 0) is 27.6 Å². The molecular weight excluding hydrogens is 734 g/mol. The fourth-order valence-corrected chi connectivity index (χ4v) is 6.38. The molecule has 4 aromatic carbocycles. The van der Waals surface area contributed by atoms with E-state index in [2.05, 4.69) is 26.5 Å². The number of amides is 1. The zero-order valence-electron chi connectivity index (χ0n) is 24.1. The van der Waals surface area contributed by atoms with Crippen LogP contribution in [0.4, 0.5) is 18.9 Å². The number of rotatable bonds is 11. The largest absolute Gasteiger partial charge is 0.493 e. The van der Waals surface area contributed by atoms with Crippen molar-refractivity contribution in [3.8, 4) is 11.5 Å². The average Bonchev–Trinajstić information content (AvgIpc) is 3.00. The van der Waals surface area contributed by atoms with Crippen LogP contribution in [0.3, 0.4) is 0 Å². The van der Waals surface area contributed by atoms with Gasteiger partial charge in [0.2, 0.25) is 0 Å². The second-order valence-corrected chi connectivity index (χ2v) is 13.3. The zero-order chi connectivity index (χ0) is 33.6. The topological polar surface area (TPSA) is 97.3 Å². The van der Waals surface area contributed by atoms with E-state index < -0.39 is 34.2 Å². The van der Waals surface area contributed by atoms with Gasteiger partial charge < -0.3 is 9.47 Å². The Morgan fingerprint density at radius 3 is 2.39 bits per heavy atom. The molecule has 0 aliphatic carbocycles. The van der Waals surface area contributed by atoms with E-state index in [0.29, 0.717) is 42.0 Å². The number of ether oxygens (including phenoxy) is 2. The van der Waals surface area contributed by atoms with Crippen molar-refractivity contribution in [1.29, 1.82) is 0 Å². The Morgan fingerprint density at radius 1 is 1.02 bits per heavy atom. The lowest BCUT2D eigenvalue weighted by Gasteiger charge is -2.24. The van der Waals surface area contributed by atoms with Gasteiger partial charge in [0.05, 0.1) is 44.0 Å². The van der Waals surface area contributed by atoms with Gasteiger partial charge in [-0.2, -0.15) is 18.3 Å². The number of benzene rings is 4. The number of carbonyl (C=O) groups excluding carboxylic acids is 1. The van der Waals surface area contributed by atoms with E-state index in [1.54, 1.807) is 37.3 Å². The van der Waals surface area contributed by atoms with E-state index in [-0.39, 0.29) is 17.2 Å². The van der Waals surface area contributed by atoms with Gasteiger partial charge in [0.15, 0.2) is 11.5 Å². The smallest absolute Gasteiger partial charge is 0.416 e. The summed E-state index contributed by atoms with van der Waals surface area (Å²) in [5.74, 6) is -0.188. The van der Waals surface area contributed by atoms with E-state index in [4.69, 9.17) is 32.7 Å². The first-order valence-corrected chi connectivity index (χ1v) is 16.2. The maximum Gasteiger partial charge on any atom is 0.416 e. The van der Waals surface area contributed by atoms with Crippen molar-refractivity contribution in [1.82, 2.24) is 5.43 Å². The first kappa shape index (κ1) is 35.1. The van der Waals surface area contributed by atoms with E-state index in [1.165, 1.54) is 43.7 Å². The summed E-state index contributed by atoms with van der Waals surface area (Å²) in [6.45, 7) is 1.05. The molecule has 0 saturated carbocycles. The number of sulfonamides is 1. The molecule has 0 aliphatic heterocycles. The van der Waals surface area contributed by atoms with Gasteiger partial charge in [-0.25, -0.2) is 13.8 Å². The van der Waals surface area contributed by atoms with Gasteiger partial charge in [-0.1, -0.05) is 53.0 Å². The third kappa shape index (κ3) is 8.72. The minimum absolute atomic E-state index is 0.156. The number of hydrogen-bond acceptors (Lipinski definition) is 6. The van der Waals surface area contributed by atoms with E-state index in [9.17, 15) is 26.4 Å².